The molecular weight excluding hydrogens is 408 g/mol. The maximum Gasteiger partial charge on any atom is 0.412 e. The van der Waals surface area contributed by atoms with Crippen molar-refractivity contribution in [2.75, 3.05) is 19.0 Å². The van der Waals surface area contributed by atoms with Gasteiger partial charge in [-0.15, -0.1) is 0 Å². The maximum atomic E-state index is 13.9. The quantitative estimate of drug-likeness (QED) is 0.521. The van der Waals surface area contributed by atoms with E-state index in [0.717, 1.165) is 18.6 Å². The highest BCUT2D eigenvalue weighted by Gasteiger charge is 2.72. The van der Waals surface area contributed by atoms with Crippen molar-refractivity contribution in [3.8, 4) is 0 Å². The number of benzene rings is 1. The number of anilines is 1. The van der Waals surface area contributed by atoms with Crippen molar-refractivity contribution in [2.24, 2.45) is 5.92 Å². The van der Waals surface area contributed by atoms with E-state index in [4.69, 9.17) is 18.9 Å². The average molecular weight is 437 g/mol. The molecule has 0 aromatic heterocycles. The Morgan fingerprint density at radius 1 is 1.35 bits per heavy atom. The fourth-order valence-corrected chi connectivity index (χ4v) is 4.94. The lowest BCUT2D eigenvalue weighted by atomic mass is 9.68. The van der Waals surface area contributed by atoms with Gasteiger partial charge in [0.2, 0.25) is 0 Å². The van der Waals surface area contributed by atoms with Crippen molar-refractivity contribution < 1.29 is 32.5 Å². The number of hydrogen-bond donors (Lipinski definition) is 1. The Kier molecular flexibility index (Phi) is 5.83. The second-order valence-corrected chi connectivity index (χ2v) is 9.07. The number of carbonyl (C=O) groups is 1. The van der Waals surface area contributed by atoms with E-state index >= 15 is 0 Å². The summed E-state index contributed by atoms with van der Waals surface area (Å²) in [6, 6.07) is 2.93. The minimum Gasteiger partial charge on any atom is -0.443 e. The topological polar surface area (TPSA) is 72.6 Å². The maximum absolute atomic E-state index is 13.9. The summed E-state index contributed by atoms with van der Waals surface area (Å²) in [5, 5.41) is 2.35. The third kappa shape index (κ3) is 4.33. The molecule has 31 heavy (non-hydrogen) atoms. The van der Waals surface area contributed by atoms with Crippen LogP contribution in [-0.4, -0.2) is 49.3 Å². The van der Waals surface area contributed by atoms with E-state index in [-0.39, 0.29) is 23.3 Å². The largest absolute Gasteiger partial charge is 0.443 e. The molecule has 2 heterocycles. The zero-order chi connectivity index (χ0) is 22.4. The average Bonchev–Trinajstić information content (AvgIpc) is 3.61. The number of ether oxygens (including phenoxy) is 4. The summed E-state index contributed by atoms with van der Waals surface area (Å²) in [4.78, 5) is 12.5. The smallest absolute Gasteiger partial charge is 0.412 e. The zero-order valence-electron chi connectivity index (χ0n) is 18.2. The molecule has 1 aromatic carbocycles. The molecule has 0 radical (unpaired) electrons. The molecule has 2 aliphatic heterocycles. The van der Waals surface area contributed by atoms with E-state index in [1.807, 2.05) is 0 Å². The van der Waals surface area contributed by atoms with Crippen molar-refractivity contribution in [3.63, 3.8) is 0 Å². The van der Waals surface area contributed by atoms with Crippen LogP contribution < -0.4 is 5.32 Å². The first kappa shape index (κ1) is 22.2. The van der Waals surface area contributed by atoms with Gasteiger partial charge in [-0.25, -0.2) is 13.6 Å². The van der Waals surface area contributed by atoms with Crippen LogP contribution in [0.5, 0.6) is 0 Å². The Balaban J connectivity index is 1.47. The normalized spacial score (nSPS) is 36.1. The third-order valence-corrected chi connectivity index (χ3v) is 6.66. The van der Waals surface area contributed by atoms with E-state index in [1.165, 1.54) is 5.57 Å². The summed E-state index contributed by atoms with van der Waals surface area (Å²) < 4.78 is 50.4. The molecule has 1 amide bonds. The Morgan fingerprint density at radius 2 is 2.10 bits per heavy atom. The second kappa shape index (κ2) is 8.15. The lowest BCUT2D eigenvalue weighted by Gasteiger charge is -2.42. The van der Waals surface area contributed by atoms with Gasteiger partial charge in [-0.05, 0) is 52.2 Å². The summed E-state index contributed by atoms with van der Waals surface area (Å²) in [7, 11) is 1.59. The number of halogens is 2. The SMILES string of the molecule is CO[C@@H]1[C@H](OC(=O)Nc2ccc(F)cc2F)CC[C@]2(CO2)[C@H]1[C@@]1(C)O[C@@H]1CC=C(C)C. The van der Waals surface area contributed by atoms with E-state index < -0.39 is 35.5 Å². The van der Waals surface area contributed by atoms with E-state index in [1.54, 1.807) is 7.11 Å². The van der Waals surface area contributed by atoms with Gasteiger partial charge < -0.3 is 18.9 Å². The van der Waals surface area contributed by atoms with Crippen LogP contribution in [0.4, 0.5) is 19.3 Å². The molecule has 8 heteroatoms. The van der Waals surface area contributed by atoms with E-state index in [9.17, 15) is 13.6 Å². The van der Waals surface area contributed by atoms with Crippen LogP contribution in [0.15, 0.2) is 29.8 Å². The van der Waals surface area contributed by atoms with Crippen molar-refractivity contribution in [3.05, 3.63) is 41.5 Å². The zero-order valence-corrected chi connectivity index (χ0v) is 18.2. The van der Waals surface area contributed by atoms with Crippen molar-refractivity contribution in [1.82, 2.24) is 0 Å². The van der Waals surface area contributed by atoms with Crippen LogP contribution in [-0.2, 0) is 18.9 Å². The number of allylic oxidation sites excluding steroid dienone is 1. The lowest BCUT2D eigenvalue weighted by Crippen LogP contribution is -2.55. The summed E-state index contributed by atoms with van der Waals surface area (Å²) in [5.41, 5.74) is 0.321. The first-order valence-corrected chi connectivity index (χ1v) is 10.6. The van der Waals surface area contributed by atoms with Crippen LogP contribution in [0.1, 0.15) is 40.0 Å². The van der Waals surface area contributed by atoms with Gasteiger partial charge >= 0.3 is 6.09 Å². The molecule has 170 valence electrons. The predicted molar refractivity (Wildman–Crippen MR) is 110 cm³/mol. The molecule has 1 aliphatic carbocycles. The van der Waals surface area contributed by atoms with Crippen molar-refractivity contribution >= 4 is 11.8 Å². The van der Waals surface area contributed by atoms with Crippen LogP contribution in [0.25, 0.3) is 0 Å². The molecule has 0 unspecified atom stereocenters. The van der Waals surface area contributed by atoms with Crippen molar-refractivity contribution in [1.29, 1.82) is 0 Å². The number of methoxy groups -OCH3 is 1. The Morgan fingerprint density at radius 3 is 2.71 bits per heavy atom. The standard InChI is InChI=1S/C23H29F2NO5/c1-13(2)5-8-18-22(3,31-18)20-19(28-4)17(9-10-23(20)12-29-23)30-21(27)26-16-7-6-14(24)11-15(16)25/h5-7,11,17-20H,8-10,12H2,1-4H3,(H,26,27)/t17-,18-,19-,20-,22+,23+/m1/s1. The summed E-state index contributed by atoms with van der Waals surface area (Å²) in [5.74, 6) is -1.69. The fraction of sp³-hybridized carbons (Fsp3) is 0.609. The molecule has 1 saturated carbocycles. The summed E-state index contributed by atoms with van der Waals surface area (Å²) in [6.45, 7) is 6.80. The Labute approximate surface area is 180 Å². The van der Waals surface area contributed by atoms with E-state index in [0.29, 0.717) is 25.5 Å². The highest BCUT2D eigenvalue weighted by molar-refractivity contribution is 5.84. The van der Waals surface area contributed by atoms with Gasteiger partial charge in [0.05, 0.1) is 24.3 Å². The number of carbonyl (C=O) groups excluding carboxylic acids is 1. The van der Waals surface area contributed by atoms with Gasteiger partial charge in [0, 0.05) is 13.2 Å². The number of epoxide rings is 2. The first-order chi connectivity index (χ1) is 14.7. The number of hydrogen-bond acceptors (Lipinski definition) is 5. The predicted octanol–water partition coefficient (Wildman–Crippen LogP) is 4.59. The number of amides is 1. The molecule has 6 atom stereocenters. The van der Waals surface area contributed by atoms with Crippen molar-refractivity contribution in [2.45, 2.75) is 69.5 Å². The van der Waals surface area contributed by atoms with Crippen LogP contribution in [0, 0.1) is 17.6 Å². The minimum absolute atomic E-state index is 0.0482. The highest BCUT2D eigenvalue weighted by atomic mass is 19.1. The summed E-state index contributed by atoms with van der Waals surface area (Å²) in [6.07, 6.45) is 2.49. The van der Waals surface area contributed by atoms with Crippen LogP contribution in [0.3, 0.4) is 0 Å². The first-order valence-electron chi connectivity index (χ1n) is 10.6. The van der Waals surface area contributed by atoms with Gasteiger partial charge in [-0.3, -0.25) is 5.32 Å². The Bertz CT molecular complexity index is 883. The molecule has 2 saturated heterocycles. The van der Waals surface area contributed by atoms with Gasteiger partial charge in [-0.2, -0.15) is 0 Å². The molecule has 1 N–H and O–H groups in total. The Hall–Kier alpha value is -2.03. The van der Waals surface area contributed by atoms with Crippen LogP contribution >= 0.6 is 0 Å². The molecule has 1 aromatic rings. The van der Waals surface area contributed by atoms with Gasteiger partial charge in [0.25, 0.3) is 0 Å². The third-order valence-electron chi connectivity index (χ3n) is 6.66. The van der Waals surface area contributed by atoms with E-state index in [2.05, 4.69) is 32.2 Å². The number of rotatable bonds is 6. The molecule has 3 fully saturated rings. The van der Waals surface area contributed by atoms with Gasteiger partial charge in [0.1, 0.15) is 35.0 Å². The second-order valence-electron chi connectivity index (χ2n) is 9.07. The van der Waals surface area contributed by atoms with Gasteiger partial charge in [-0.1, -0.05) is 11.6 Å². The number of nitrogens with one attached hydrogen (secondary N) is 1. The molecule has 1 spiro atoms. The fourth-order valence-electron chi connectivity index (χ4n) is 4.94. The molecular formula is C23H29F2NO5. The summed E-state index contributed by atoms with van der Waals surface area (Å²) >= 11 is 0. The molecule has 4 rings (SSSR count). The monoisotopic (exact) mass is 437 g/mol. The molecule has 3 aliphatic rings. The molecule has 0 bridgehead atoms. The van der Waals surface area contributed by atoms with Gasteiger partial charge in [0.15, 0.2) is 0 Å². The minimum atomic E-state index is -0.867. The lowest BCUT2D eigenvalue weighted by molar-refractivity contribution is -0.116. The van der Waals surface area contributed by atoms with Crippen LogP contribution in [0.2, 0.25) is 0 Å². The highest BCUT2D eigenvalue weighted by Crippen LogP contribution is 2.59. The molecule has 6 nitrogen and oxygen atoms in total.